The fraction of sp³-hybridized carbons (Fsp3) is 0.107. The van der Waals surface area contributed by atoms with E-state index in [0.29, 0.717) is 22.3 Å². The minimum atomic E-state index is -0.536. The number of amides is 3. The number of fused-ring (bicyclic) bond motifs is 1. The molecule has 4 N–H and O–H groups in total. The van der Waals surface area contributed by atoms with Crippen LogP contribution in [0.25, 0.3) is 33.3 Å². The SMILES string of the molecule is C=CC(=O)Nc1cccc(-c2ccc(C(N)=O)c3[nH]c(-c4ccc(C(=O)N(C)C)cc4)cc23)c1C. The summed E-state index contributed by atoms with van der Waals surface area (Å²) in [6.07, 6.45) is 1.22. The number of nitrogens with one attached hydrogen (secondary N) is 2. The average Bonchev–Trinajstić information content (AvgIpc) is 3.29. The zero-order valence-corrected chi connectivity index (χ0v) is 19.8. The van der Waals surface area contributed by atoms with Crippen molar-refractivity contribution in [3.8, 4) is 22.4 Å². The minimum Gasteiger partial charge on any atom is -0.366 e. The summed E-state index contributed by atoms with van der Waals surface area (Å²) in [4.78, 5) is 41.1. The Kier molecular flexibility index (Phi) is 6.25. The maximum atomic E-state index is 12.2. The number of rotatable bonds is 6. The largest absolute Gasteiger partial charge is 0.366 e. The Balaban J connectivity index is 1.86. The fourth-order valence-electron chi connectivity index (χ4n) is 4.11. The molecule has 0 radical (unpaired) electrons. The normalized spacial score (nSPS) is 10.7. The Morgan fingerprint density at radius 3 is 2.34 bits per heavy atom. The molecule has 0 saturated heterocycles. The average molecular weight is 467 g/mol. The minimum absolute atomic E-state index is 0.0783. The van der Waals surface area contributed by atoms with Gasteiger partial charge in [-0.25, -0.2) is 0 Å². The third-order valence-electron chi connectivity index (χ3n) is 5.98. The number of nitrogens with two attached hydrogens (primary N) is 1. The van der Waals surface area contributed by atoms with E-state index in [1.54, 1.807) is 32.3 Å². The Morgan fingerprint density at radius 2 is 1.71 bits per heavy atom. The van der Waals surface area contributed by atoms with Gasteiger partial charge >= 0.3 is 0 Å². The van der Waals surface area contributed by atoms with Gasteiger partial charge in [0, 0.05) is 36.4 Å². The number of hydrogen-bond donors (Lipinski definition) is 3. The quantitative estimate of drug-likeness (QED) is 0.357. The Bertz CT molecular complexity index is 1480. The molecule has 0 unspecified atom stereocenters. The van der Waals surface area contributed by atoms with Gasteiger partial charge in [0.1, 0.15) is 0 Å². The van der Waals surface area contributed by atoms with E-state index in [0.717, 1.165) is 33.3 Å². The lowest BCUT2D eigenvalue weighted by Crippen LogP contribution is -2.21. The standard InChI is InChI=1S/C28H26N4O3/c1-5-25(33)30-23-8-6-7-19(16(23)2)20-13-14-21(27(29)34)26-22(20)15-24(31-26)17-9-11-18(12-10-17)28(35)32(3)4/h5-15,31H,1H2,2-4H3,(H2,29,34)(H,30,33). The van der Waals surface area contributed by atoms with Crippen molar-refractivity contribution < 1.29 is 14.4 Å². The highest BCUT2D eigenvalue weighted by molar-refractivity contribution is 6.11. The number of aromatic nitrogens is 1. The van der Waals surface area contributed by atoms with Crippen LogP contribution in [0.5, 0.6) is 0 Å². The van der Waals surface area contributed by atoms with Gasteiger partial charge in [-0.05, 0) is 65.6 Å². The van der Waals surface area contributed by atoms with Gasteiger partial charge in [0.2, 0.25) is 5.91 Å². The predicted octanol–water partition coefficient (Wildman–Crippen LogP) is 4.74. The number of nitrogens with zero attached hydrogens (tertiary/aromatic N) is 1. The smallest absolute Gasteiger partial charge is 0.253 e. The number of H-pyrrole nitrogens is 1. The first-order chi connectivity index (χ1) is 16.7. The van der Waals surface area contributed by atoms with E-state index in [9.17, 15) is 14.4 Å². The molecule has 0 saturated carbocycles. The van der Waals surface area contributed by atoms with Crippen LogP contribution in [0.2, 0.25) is 0 Å². The van der Waals surface area contributed by atoms with Crippen molar-refractivity contribution in [1.82, 2.24) is 9.88 Å². The van der Waals surface area contributed by atoms with Crippen LogP contribution in [0.1, 0.15) is 26.3 Å². The summed E-state index contributed by atoms with van der Waals surface area (Å²) < 4.78 is 0. The van der Waals surface area contributed by atoms with Gasteiger partial charge in [0.05, 0.1) is 11.1 Å². The monoisotopic (exact) mass is 466 g/mol. The zero-order chi connectivity index (χ0) is 25.3. The van der Waals surface area contributed by atoms with E-state index < -0.39 is 5.91 Å². The van der Waals surface area contributed by atoms with Crippen molar-refractivity contribution >= 4 is 34.3 Å². The van der Waals surface area contributed by atoms with E-state index >= 15 is 0 Å². The molecule has 0 aliphatic heterocycles. The highest BCUT2D eigenvalue weighted by atomic mass is 16.2. The first-order valence-corrected chi connectivity index (χ1v) is 11.0. The van der Waals surface area contributed by atoms with E-state index in [2.05, 4.69) is 16.9 Å². The Hall–Kier alpha value is -4.65. The lowest BCUT2D eigenvalue weighted by molar-refractivity contribution is -0.111. The summed E-state index contributed by atoms with van der Waals surface area (Å²) in [5.74, 6) is -0.907. The van der Waals surface area contributed by atoms with Crippen molar-refractivity contribution in [1.29, 1.82) is 0 Å². The number of carbonyl (C=O) groups excluding carboxylic acids is 3. The van der Waals surface area contributed by atoms with Gasteiger partial charge in [0.15, 0.2) is 0 Å². The first-order valence-electron chi connectivity index (χ1n) is 11.0. The molecule has 7 nitrogen and oxygen atoms in total. The van der Waals surface area contributed by atoms with E-state index in [1.807, 2.05) is 49.4 Å². The summed E-state index contributed by atoms with van der Waals surface area (Å²) in [6, 6.07) is 18.5. The molecular formula is C28H26N4O3. The molecule has 35 heavy (non-hydrogen) atoms. The van der Waals surface area contributed by atoms with E-state index in [-0.39, 0.29) is 11.8 Å². The molecule has 7 heteroatoms. The summed E-state index contributed by atoms with van der Waals surface area (Å²) in [6.45, 7) is 5.43. The van der Waals surface area contributed by atoms with Crippen LogP contribution >= 0.6 is 0 Å². The second-order valence-electron chi connectivity index (χ2n) is 8.45. The second kappa shape index (κ2) is 9.30. The van der Waals surface area contributed by atoms with Gasteiger partial charge in [-0.1, -0.05) is 36.9 Å². The van der Waals surface area contributed by atoms with Gasteiger partial charge in [-0.3, -0.25) is 14.4 Å². The molecule has 3 amide bonds. The summed E-state index contributed by atoms with van der Waals surface area (Å²) in [7, 11) is 3.42. The van der Waals surface area contributed by atoms with E-state index in [4.69, 9.17) is 5.73 Å². The molecule has 3 aromatic carbocycles. The molecule has 1 heterocycles. The van der Waals surface area contributed by atoms with Crippen LogP contribution in [0.4, 0.5) is 5.69 Å². The number of primary amides is 1. The number of carbonyl (C=O) groups is 3. The van der Waals surface area contributed by atoms with Crippen LogP contribution in [-0.4, -0.2) is 41.7 Å². The molecule has 0 fully saturated rings. The summed E-state index contributed by atoms with van der Waals surface area (Å²) >= 11 is 0. The molecular weight excluding hydrogens is 440 g/mol. The number of hydrogen-bond acceptors (Lipinski definition) is 3. The zero-order valence-electron chi connectivity index (χ0n) is 19.8. The molecule has 0 bridgehead atoms. The molecule has 0 aliphatic rings. The topological polar surface area (TPSA) is 108 Å². The molecule has 0 spiro atoms. The van der Waals surface area contributed by atoms with Crippen molar-refractivity contribution in [2.45, 2.75) is 6.92 Å². The maximum Gasteiger partial charge on any atom is 0.253 e. The third-order valence-corrected chi connectivity index (χ3v) is 5.98. The van der Waals surface area contributed by atoms with Crippen LogP contribution < -0.4 is 11.1 Å². The maximum absolute atomic E-state index is 12.2. The van der Waals surface area contributed by atoms with Crippen molar-refractivity contribution in [2.24, 2.45) is 5.73 Å². The molecule has 4 rings (SSSR count). The van der Waals surface area contributed by atoms with E-state index in [1.165, 1.54) is 11.0 Å². The lowest BCUT2D eigenvalue weighted by atomic mass is 9.94. The summed E-state index contributed by atoms with van der Waals surface area (Å²) in [5.41, 5.74) is 12.3. The third kappa shape index (κ3) is 4.44. The van der Waals surface area contributed by atoms with Crippen LogP contribution in [-0.2, 0) is 4.79 Å². The first kappa shape index (κ1) is 23.5. The number of anilines is 1. The highest BCUT2D eigenvalue weighted by Crippen LogP contribution is 2.37. The van der Waals surface area contributed by atoms with Gasteiger partial charge in [0.25, 0.3) is 11.8 Å². The van der Waals surface area contributed by atoms with Gasteiger partial charge in [-0.15, -0.1) is 0 Å². The lowest BCUT2D eigenvalue weighted by Gasteiger charge is -2.13. The van der Waals surface area contributed by atoms with Gasteiger partial charge < -0.3 is 20.9 Å². The van der Waals surface area contributed by atoms with Crippen LogP contribution in [0.15, 0.2) is 73.3 Å². The summed E-state index contributed by atoms with van der Waals surface area (Å²) in [5, 5.41) is 3.65. The molecule has 0 atom stereocenters. The fourth-order valence-corrected chi connectivity index (χ4v) is 4.11. The Labute approximate surface area is 203 Å². The van der Waals surface area contributed by atoms with Crippen molar-refractivity contribution in [3.05, 3.63) is 90.0 Å². The molecule has 1 aromatic heterocycles. The molecule has 0 aliphatic carbocycles. The van der Waals surface area contributed by atoms with Crippen molar-refractivity contribution in [3.63, 3.8) is 0 Å². The van der Waals surface area contributed by atoms with Crippen LogP contribution in [0, 0.1) is 6.92 Å². The second-order valence-corrected chi connectivity index (χ2v) is 8.45. The van der Waals surface area contributed by atoms with Crippen molar-refractivity contribution in [2.75, 3.05) is 19.4 Å². The molecule has 4 aromatic rings. The molecule has 176 valence electrons. The highest BCUT2D eigenvalue weighted by Gasteiger charge is 2.18. The predicted molar refractivity (Wildman–Crippen MR) is 139 cm³/mol. The number of aromatic amines is 1. The van der Waals surface area contributed by atoms with Gasteiger partial charge in [-0.2, -0.15) is 0 Å². The van der Waals surface area contributed by atoms with Crippen LogP contribution in [0.3, 0.4) is 0 Å². The number of benzene rings is 3. The Morgan fingerprint density at radius 1 is 1.00 bits per heavy atom.